The molecule has 0 saturated carbocycles. The number of piperidine rings is 1. The molecule has 1 amide bonds. The summed E-state index contributed by atoms with van der Waals surface area (Å²) < 4.78 is 59.3. The van der Waals surface area contributed by atoms with Crippen LogP contribution in [0.2, 0.25) is 0 Å². The molecule has 1 atom stereocenters. The Morgan fingerprint density at radius 2 is 1.81 bits per heavy atom. The third kappa shape index (κ3) is 7.33. The van der Waals surface area contributed by atoms with E-state index >= 15 is 0 Å². The second-order valence-electron chi connectivity index (χ2n) is 10.3. The standard InChI is InChI=1S/C27H28F3N5O7/c1-26(16-34-14-23(35(37)38)32-24(34)42-26)17-40-21-8-4-20(5-9-21)33-12-10-18(11-13-33)15-39-25(36)31-19-2-6-22(7-3-19)41-27(28,29)30/h2-9,14,18H,10-13,15-17H2,1H3,(H,31,36)/t26-/m1/s1. The summed E-state index contributed by atoms with van der Waals surface area (Å²) in [6.45, 7) is 4.26. The molecule has 15 heteroatoms. The van der Waals surface area contributed by atoms with E-state index in [0.29, 0.717) is 18.0 Å². The van der Waals surface area contributed by atoms with Crippen molar-refractivity contribution in [2.45, 2.75) is 38.3 Å². The lowest BCUT2D eigenvalue weighted by Gasteiger charge is -2.33. The average molecular weight is 592 g/mol. The number of hydrogen-bond acceptors (Lipinski definition) is 9. The van der Waals surface area contributed by atoms with E-state index in [4.69, 9.17) is 14.2 Å². The minimum Gasteiger partial charge on any atom is -0.489 e. The Morgan fingerprint density at radius 3 is 2.43 bits per heavy atom. The number of carbonyl (C=O) groups excluding carboxylic acids is 1. The Kier molecular flexibility index (Phi) is 8.00. The van der Waals surface area contributed by atoms with Crippen molar-refractivity contribution in [1.82, 2.24) is 9.55 Å². The van der Waals surface area contributed by atoms with Crippen LogP contribution in [-0.2, 0) is 11.3 Å². The number of halogens is 3. The monoisotopic (exact) mass is 591 g/mol. The number of nitro groups is 1. The molecule has 224 valence electrons. The molecular formula is C27H28F3N5O7. The van der Waals surface area contributed by atoms with E-state index in [1.807, 2.05) is 31.2 Å². The summed E-state index contributed by atoms with van der Waals surface area (Å²) in [5.41, 5.74) is 0.626. The van der Waals surface area contributed by atoms with Crippen LogP contribution in [0.1, 0.15) is 19.8 Å². The molecule has 5 rings (SSSR count). The molecule has 1 fully saturated rings. The van der Waals surface area contributed by atoms with Crippen LogP contribution in [0, 0.1) is 16.0 Å². The summed E-state index contributed by atoms with van der Waals surface area (Å²) in [7, 11) is 0. The van der Waals surface area contributed by atoms with E-state index in [-0.39, 0.29) is 36.7 Å². The summed E-state index contributed by atoms with van der Waals surface area (Å²) in [6, 6.07) is 12.7. The number of alkyl halides is 3. The van der Waals surface area contributed by atoms with Crippen LogP contribution in [0.15, 0.2) is 54.7 Å². The van der Waals surface area contributed by atoms with Crippen molar-refractivity contribution in [2.75, 3.05) is 36.5 Å². The number of nitrogens with one attached hydrogen (secondary N) is 1. The third-order valence-electron chi connectivity index (χ3n) is 6.90. The number of hydrogen-bond donors (Lipinski definition) is 1. The van der Waals surface area contributed by atoms with Crippen LogP contribution in [0.25, 0.3) is 0 Å². The van der Waals surface area contributed by atoms with Gasteiger partial charge < -0.3 is 34.0 Å². The minimum absolute atomic E-state index is 0.181. The van der Waals surface area contributed by atoms with Crippen LogP contribution >= 0.6 is 0 Å². The molecule has 1 N–H and O–H groups in total. The molecule has 1 saturated heterocycles. The molecule has 0 bridgehead atoms. The van der Waals surface area contributed by atoms with Gasteiger partial charge in [0.05, 0.1) is 13.2 Å². The average Bonchev–Trinajstić information content (AvgIpc) is 3.47. The van der Waals surface area contributed by atoms with Crippen LogP contribution in [0.5, 0.6) is 17.5 Å². The highest BCUT2D eigenvalue weighted by molar-refractivity contribution is 5.84. The Balaban J connectivity index is 1.01. The van der Waals surface area contributed by atoms with Crippen molar-refractivity contribution >= 4 is 23.3 Å². The number of benzene rings is 2. The van der Waals surface area contributed by atoms with Gasteiger partial charge in [0.2, 0.25) is 0 Å². The second-order valence-corrected chi connectivity index (χ2v) is 10.3. The number of fused-ring (bicyclic) bond motifs is 1. The fraction of sp³-hybridized carbons (Fsp3) is 0.407. The van der Waals surface area contributed by atoms with Gasteiger partial charge in [-0.05, 0) is 79.1 Å². The van der Waals surface area contributed by atoms with Crippen molar-refractivity contribution < 1.29 is 41.8 Å². The summed E-state index contributed by atoms with van der Waals surface area (Å²) in [5, 5.41) is 13.4. The summed E-state index contributed by atoms with van der Waals surface area (Å²) >= 11 is 0. The number of aromatic nitrogens is 2. The molecule has 0 unspecified atom stereocenters. The zero-order chi connectivity index (χ0) is 29.9. The smallest absolute Gasteiger partial charge is 0.489 e. The summed E-state index contributed by atoms with van der Waals surface area (Å²) in [4.78, 5) is 28.6. The van der Waals surface area contributed by atoms with Gasteiger partial charge in [-0.2, -0.15) is 0 Å². The Morgan fingerprint density at radius 1 is 1.14 bits per heavy atom. The molecule has 2 aromatic carbocycles. The first kappa shape index (κ1) is 28.8. The van der Waals surface area contributed by atoms with Gasteiger partial charge in [0.25, 0.3) is 0 Å². The van der Waals surface area contributed by atoms with E-state index in [1.165, 1.54) is 18.3 Å². The lowest BCUT2D eigenvalue weighted by molar-refractivity contribution is -0.389. The Hall–Kier alpha value is -4.69. The number of rotatable bonds is 9. The van der Waals surface area contributed by atoms with Gasteiger partial charge >= 0.3 is 24.3 Å². The molecule has 0 spiro atoms. The van der Waals surface area contributed by atoms with Crippen molar-refractivity contribution in [3.8, 4) is 17.5 Å². The van der Waals surface area contributed by atoms with E-state index in [0.717, 1.165) is 43.8 Å². The quantitative estimate of drug-likeness (QED) is 0.257. The van der Waals surface area contributed by atoms with Crippen LogP contribution in [0.3, 0.4) is 0 Å². The predicted molar refractivity (Wildman–Crippen MR) is 143 cm³/mol. The number of ether oxygens (including phenoxy) is 4. The second kappa shape index (κ2) is 11.7. The van der Waals surface area contributed by atoms with Crippen LogP contribution in [-0.4, -0.2) is 58.8 Å². The number of anilines is 2. The van der Waals surface area contributed by atoms with Crippen molar-refractivity contribution in [2.24, 2.45) is 5.92 Å². The highest BCUT2D eigenvalue weighted by Crippen LogP contribution is 2.32. The molecule has 12 nitrogen and oxygen atoms in total. The van der Waals surface area contributed by atoms with Crippen LogP contribution < -0.4 is 24.4 Å². The molecule has 3 heterocycles. The van der Waals surface area contributed by atoms with Gasteiger partial charge in [-0.25, -0.2) is 4.79 Å². The van der Waals surface area contributed by atoms with Gasteiger partial charge in [-0.1, -0.05) is 0 Å². The normalized spacial score (nSPS) is 18.6. The maximum atomic E-state index is 12.3. The lowest BCUT2D eigenvalue weighted by atomic mass is 9.97. The molecule has 0 radical (unpaired) electrons. The van der Waals surface area contributed by atoms with E-state index < -0.39 is 23.0 Å². The lowest BCUT2D eigenvalue weighted by Crippen LogP contribution is -2.38. The Bertz CT molecular complexity index is 1380. The first-order valence-corrected chi connectivity index (χ1v) is 13.1. The number of imidazole rings is 1. The van der Waals surface area contributed by atoms with Gasteiger partial charge in [0.1, 0.15) is 24.3 Å². The third-order valence-corrected chi connectivity index (χ3v) is 6.90. The highest BCUT2D eigenvalue weighted by atomic mass is 19.4. The van der Waals surface area contributed by atoms with Gasteiger partial charge in [-0.3, -0.25) is 9.88 Å². The predicted octanol–water partition coefficient (Wildman–Crippen LogP) is 5.39. The Labute approximate surface area is 238 Å². The molecule has 2 aliphatic rings. The van der Waals surface area contributed by atoms with Gasteiger partial charge in [0.15, 0.2) is 5.60 Å². The SMILES string of the molecule is C[C@]1(COc2ccc(N3CCC(COC(=O)Nc4ccc(OC(F)(F)F)cc4)CC3)cc2)Cn2cc([N+](=O)[O-])nc2O1. The van der Waals surface area contributed by atoms with Crippen molar-refractivity contribution in [3.63, 3.8) is 0 Å². The van der Waals surface area contributed by atoms with Gasteiger partial charge in [0, 0.05) is 29.4 Å². The molecule has 1 aromatic heterocycles. The first-order chi connectivity index (χ1) is 19.9. The zero-order valence-electron chi connectivity index (χ0n) is 22.5. The molecular weight excluding hydrogens is 563 g/mol. The maximum absolute atomic E-state index is 12.3. The number of amides is 1. The van der Waals surface area contributed by atoms with E-state index in [1.54, 1.807) is 4.57 Å². The van der Waals surface area contributed by atoms with E-state index in [9.17, 15) is 28.1 Å². The topological polar surface area (TPSA) is 130 Å². The van der Waals surface area contributed by atoms with E-state index in [2.05, 4.69) is 19.9 Å². The van der Waals surface area contributed by atoms with Crippen molar-refractivity contribution in [1.29, 1.82) is 0 Å². The summed E-state index contributed by atoms with van der Waals surface area (Å²) in [6.07, 6.45) is -2.48. The molecule has 42 heavy (non-hydrogen) atoms. The fourth-order valence-corrected chi connectivity index (χ4v) is 4.79. The summed E-state index contributed by atoms with van der Waals surface area (Å²) in [5.74, 6) is 0.210. The fourth-order valence-electron chi connectivity index (χ4n) is 4.79. The van der Waals surface area contributed by atoms with Crippen molar-refractivity contribution in [3.05, 3.63) is 64.8 Å². The zero-order valence-corrected chi connectivity index (χ0v) is 22.5. The number of nitrogens with zero attached hydrogens (tertiary/aromatic N) is 4. The minimum atomic E-state index is -4.78. The first-order valence-electron chi connectivity index (χ1n) is 13.1. The largest absolute Gasteiger partial charge is 0.573 e. The highest BCUT2D eigenvalue weighted by Gasteiger charge is 2.41. The molecule has 3 aromatic rings. The maximum Gasteiger partial charge on any atom is 0.573 e. The van der Waals surface area contributed by atoms with Gasteiger partial charge in [-0.15, -0.1) is 13.2 Å². The number of carbonyl (C=O) groups is 1. The van der Waals surface area contributed by atoms with Crippen LogP contribution in [0.4, 0.5) is 35.2 Å². The molecule has 0 aliphatic carbocycles. The molecule has 2 aliphatic heterocycles.